The first-order valence-corrected chi connectivity index (χ1v) is 8.46. The number of hydrogen-bond acceptors (Lipinski definition) is 4. The third kappa shape index (κ3) is 4.34. The Kier molecular flexibility index (Phi) is 4.97. The number of hydrogen-bond donors (Lipinski definition) is 3. The minimum atomic E-state index is -0.539. The van der Waals surface area contributed by atoms with Gasteiger partial charge in [0.2, 0.25) is 5.91 Å². The number of rotatable bonds is 5. The van der Waals surface area contributed by atoms with E-state index in [0.717, 1.165) is 11.1 Å². The number of benzene rings is 1. The molecule has 3 rings (SSSR count). The molecular formula is C17H13ClN4O2S. The molecule has 8 heteroatoms. The van der Waals surface area contributed by atoms with Crippen molar-refractivity contribution in [3.63, 3.8) is 0 Å². The molecule has 0 fully saturated rings. The van der Waals surface area contributed by atoms with Gasteiger partial charge in [0, 0.05) is 28.2 Å². The van der Waals surface area contributed by atoms with Crippen molar-refractivity contribution in [1.29, 1.82) is 0 Å². The molecule has 0 radical (unpaired) electrons. The van der Waals surface area contributed by atoms with Crippen LogP contribution in [0.1, 0.15) is 16.1 Å². The summed E-state index contributed by atoms with van der Waals surface area (Å²) in [7, 11) is 0. The Labute approximate surface area is 152 Å². The van der Waals surface area contributed by atoms with Gasteiger partial charge in [-0.15, -0.1) is 11.3 Å². The Morgan fingerprint density at radius 3 is 2.72 bits per heavy atom. The van der Waals surface area contributed by atoms with Gasteiger partial charge in [0.05, 0.1) is 5.69 Å². The maximum atomic E-state index is 12.0. The van der Waals surface area contributed by atoms with Gasteiger partial charge in [-0.25, -0.2) is 4.98 Å². The van der Waals surface area contributed by atoms with Crippen LogP contribution in [0.15, 0.2) is 48.0 Å². The first kappa shape index (κ1) is 16.9. The van der Waals surface area contributed by atoms with Crippen LogP contribution >= 0.6 is 22.9 Å². The lowest BCUT2D eigenvalue weighted by Crippen LogP contribution is -2.10. The summed E-state index contributed by atoms with van der Waals surface area (Å²) in [5.41, 5.74) is 7.75. The van der Waals surface area contributed by atoms with E-state index in [2.05, 4.69) is 15.3 Å². The molecule has 2 aromatic heterocycles. The zero-order valence-electron chi connectivity index (χ0n) is 12.8. The number of carbonyl (C=O) groups is 2. The highest BCUT2D eigenvalue weighted by Gasteiger charge is 2.10. The fourth-order valence-corrected chi connectivity index (χ4v) is 2.89. The molecule has 1 aromatic carbocycles. The predicted molar refractivity (Wildman–Crippen MR) is 99.5 cm³/mol. The predicted octanol–water partition coefficient (Wildman–Crippen LogP) is 3.54. The van der Waals surface area contributed by atoms with Crippen LogP contribution in [-0.2, 0) is 4.79 Å². The van der Waals surface area contributed by atoms with Gasteiger partial charge in [0.25, 0.3) is 5.91 Å². The van der Waals surface area contributed by atoms with E-state index < -0.39 is 5.91 Å². The highest BCUT2D eigenvalue weighted by Crippen LogP contribution is 2.25. The van der Waals surface area contributed by atoms with Gasteiger partial charge in [0.15, 0.2) is 5.13 Å². The Bertz CT molecular complexity index is 944. The Morgan fingerprint density at radius 2 is 2.04 bits per heavy atom. The van der Waals surface area contributed by atoms with E-state index in [0.29, 0.717) is 21.5 Å². The quantitative estimate of drug-likeness (QED) is 0.597. The smallest absolute Gasteiger partial charge is 0.265 e. The monoisotopic (exact) mass is 372 g/mol. The number of carbonyl (C=O) groups excluding carboxylic acids is 2. The van der Waals surface area contributed by atoms with Crippen molar-refractivity contribution in [3.05, 3.63) is 64.3 Å². The van der Waals surface area contributed by atoms with E-state index in [4.69, 9.17) is 17.3 Å². The lowest BCUT2D eigenvalue weighted by molar-refractivity contribution is -0.111. The molecule has 0 saturated carbocycles. The van der Waals surface area contributed by atoms with Crippen LogP contribution in [-0.4, -0.2) is 21.8 Å². The van der Waals surface area contributed by atoms with Crippen molar-refractivity contribution < 1.29 is 9.59 Å². The maximum absolute atomic E-state index is 12.0. The molecule has 25 heavy (non-hydrogen) atoms. The van der Waals surface area contributed by atoms with Gasteiger partial charge < -0.3 is 10.7 Å². The van der Waals surface area contributed by atoms with Crippen molar-refractivity contribution in [1.82, 2.24) is 9.97 Å². The van der Waals surface area contributed by atoms with Gasteiger partial charge >= 0.3 is 0 Å². The number of amides is 2. The Morgan fingerprint density at radius 1 is 1.28 bits per heavy atom. The lowest BCUT2D eigenvalue weighted by Gasteiger charge is -1.96. The van der Waals surface area contributed by atoms with E-state index in [1.165, 1.54) is 17.4 Å². The minimum Gasteiger partial charge on any atom is -0.364 e. The summed E-state index contributed by atoms with van der Waals surface area (Å²) in [5, 5.41) is 5.58. The molecule has 3 aromatic rings. The molecule has 2 amide bonds. The summed E-state index contributed by atoms with van der Waals surface area (Å²) in [4.78, 5) is 30.2. The van der Waals surface area contributed by atoms with Gasteiger partial charge in [-0.3, -0.25) is 14.9 Å². The Hall–Kier alpha value is -2.90. The van der Waals surface area contributed by atoms with Crippen LogP contribution in [0.5, 0.6) is 0 Å². The number of thiazole rings is 1. The highest BCUT2D eigenvalue weighted by atomic mass is 35.5. The number of nitrogens with two attached hydrogens (primary N) is 1. The molecule has 2 heterocycles. The van der Waals surface area contributed by atoms with Gasteiger partial charge in [-0.1, -0.05) is 23.7 Å². The zero-order valence-corrected chi connectivity index (χ0v) is 14.4. The number of primary amides is 1. The lowest BCUT2D eigenvalue weighted by atomic mass is 10.2. The summed E-state index contributed by atoms with van der Waals surface area (Å²) < 4.78 is 0. The topological polar surface area (TPSA) is 101 Å². The van der Waals surface area contributed by atoms with Crippen LogP contribution in [0.2, 0.25) is 5.02 Å². The molecule has 0 aliphatic heterocycles. The molecule has 0 bridgehead atoms. The fraction of sp³-hybridized carbons (Fsp3) is 0. The first-order valence-electron chi connectivity index (χ1n) is 7.20. The second-order valence-electron chi connectivity index (χ2n) is 5.08. The molecule has 0 aliphatic rings. The molecule has 0 unspecified atom stereocenters. The fourth-order valence-electron chi connectivity index (χ4n) is 2.04. The Balaban J connectivity index is 1.65. The largest absolute Gasteiger partial charge is 0.364 e. The summed E-state index contributed by atoms with van der Waals surface area (Å²) in [6.07, 6.45) is 4.75. The third-order valence-corrected chi connectivity index (χ3v) is 4.29. The maximum Gasteiger partial charge on any atom is 0.265 e. The van der Waals surface area contributed by atoms with Crippen LogP contribution in [0, 0.1) is 0 Å². The van der Waals surface area contributed by atoms with Gasteiger partial charge in [0.1, 0.15) is 5.69 Å². The van der Waals surface area contributed by atoms with Crippen molar-refractivity contribution in [2.45, 2.75) is 0 Å². The SMILES string of the molecule is NC(=O)c1cc(-c2csc(NC(=O)/C=C/c3ccc(Cl)cc3)n2)c[nH]1. The van der Waals surface area contributed by atoms with Gasteiger partial charge in [-0.2, -0.15) is 0 Å². The number of nitrogens with zero attached hydrogens (tertiary/aromatic N) is 1. The molecular weight excluding hydrogens is 360 g/mol. The second-order valence-corrected chi connectivity index (χ2v) is 6.37. The molecule has 0 spiro atoms. The number of aromatic amines is 1. The van der Waals surface area contributed by atoms with Gasteiger partial charge in [-0.05, 0) is 29.8 Å². The van der Waals surface area contributed by atoms with Crippen LogP contribution in [0.4, 0.5) is 5.13 Å². The number of aromatic nitrogens is 2. The van der Waals surface area contributed by atoms with Crippen LogP contribution in [0.25, 0.3) is 17.3 Å². The standard InChI is InChI=1S/C17H13ClN4O2S/c18-12-4-1-10(2-5-12)3-6-15(23)22-17-21-14(9-25-17)11-7-13(16(19)24)20-8-11/h1-9,20H,(H2,19,24)(H,21,22,23)/b6-3+. The van der Waals surface area contributed by atoms with E-state index in [1.54, 1.807) is 35.9 Å². The van der Waals surface area contributed by atoms with Crippen molar-refractivity contribution in [2.75, 3.05) is 5.32 Å². The van der Waals surface area contributed by atoms with E-state index in [1.807, 2.05) is 12.1 Å². The van der Waals surface area contributed by atoms with E-state index in [9.17, 15) is 9.59 Å². The summed E-state index contributed by atoms with van der Waals surface area (Å²) >= 11 is 7.10. The summed E-state index contributed by atoms with van der Waals surface area (Å²) in [6, 6.07) is 8.75. The molecule has 0 atom stereocenters. The normalized spacial score (nSPS) is 10.9. The zero-order chi connectivity index (χ0) is 17.8. The van der Waals surface area contributed by atoms with E-state index >= 15 is 0 Å². The first-order chi connectivity index (χ1) is 12.0. The molecule has 6 nitrogen and oxygen atoms in total. The number of anilines is 1. The number of halogens is 1. The average Bonchev–Trinajstić information content (AvgIpc) is 3.23. The number of nitrogens with one attached hydrogen (secondary N) is 2. The highest BCUT2D eigenvalue weighted by molar-refractivity contribution is 7.14. The summed E-state index contributed by atoms with van der Waals surface area (Å²) in [6.45, 7) is 0. The van der Waals surface area contributed by atoms with Crippen LogP contribution in [0.3, 0.4) is 0 Å². The minimum absolute atomic E-state index is 0.289. The summed E-state index contributed by atoms with van der Waals surface area (Å²) in [5.74, 6) is -0.829. The molecule has 4 N–H and O–H groups in total. The van der Waals surface area contributed by atoms with E-state index in [-0.39, 0.29) is 5.91 Å². The van der Waals surface area contributed by atoms with Crippen molar-refractivity contribution >= 4 is 46.0 Å². The van der Waals surface area contributed by atoms with Crippen molar-refractivity contribution in [3.8, 4) is 11.3 Å². The second kappa shape index (κ2) is 7.33. The molecule has 0 aliphatic carbocycles. The van der Waals surface area contributed by atoms with Crippen LogP contribution < -0.4 is 11.1 Å². The van der Waals surface area contributed by atoms with Crippen molar-refractivity contribution in [2.24, 2.45) is 5.73 Å². The molecule has 126 valence electrons. The third-order valence-electron chi connectivity index (χ3n) is 3.28. The average molecular weight is 373 g/mol. The number of H-pyrrole nitrogens is 1. The molecule has 0 saturated heterocycles.